The zero-order valence-electron chi connectivity index (χ0n) is 15.1. The number of rotatable bonds is 5. The van der Waals surface area contributed by atoms with Crippen LogP contribution in [0.3, 0.4) is 0 Å². The minimum absolute atomic E-state index is 0.141. The van der Waals surface area contributed by atoms with Crippen LogP contribution in [-0.4, -0.2) is 37.2 Å². The van der Waals surface area contributed by atoms with Crippen LogP contribution in [0.4, 0.5) is 5.82 Å². The highest BCUT2D eigenvalue weighted by Gasteiger charge is 2.17. The largest absolute Gasteiger partial charge is 0.378 e. The van der Waals surface area contributed by atoms with Gasteiger partial charge in [0.2, 0.25) is 11.6 Å². The second-order valence-corrected chi connectivity index (χ2v) is 6.16. The molecule has 0 radical (unpaired) electrons. The number of hydrogen-bond acceptors (Lipinski definition) is 8. The molecule has 3 rings (SSSR count). The van der Waals surface area contributed by atoms with Gasteiger partial charge in [-0.05, 0) is 41.2 Å². The van der Waals surface area contributed by atoms with Crippen LogP contribution < -0.4 is 5.73 Å². The van der Waals surface area contributed by atoms with Gasteiger partial charge in [-0.15, -0.1) is 5.10 Å². The summed E-state index contributed by atoms with van der Waals surface area (Å²) < 4.78 is 6.05. The second-order valence-electron chi connectivity index (χ2n) is 6.16. The van der Waals surface area contributed by atoms with Crippen LogP contribution in [0.2, 0.25) is 0 Å². The van der Waals surface area contributed by atoms with Crippen LogP contribution in [0, 0.1) is 6.92 Å². The van der Waals surface area contributed by atoms with Crippen molar-refractivity contribution in [2.24, 2.45) is 10.2 Å². The molecule has 1 aromatic carbocycles. The first-order chi connectivity index (χ1) is 12.5. The minimum atomic E-state index is 0.141. The predicted octanol–water partition coefficient (Wildman–Crippen LogP) is 2.51. The van der Waals surface area contributed by atoms with E-state index in [1.54, 1.807) is 6.21 Å². The van der Waals surface area contributed by atoms with Crippen molar-refractivity contribution in [3.8, 4) is 5.82 Å². The quantitative estimate of drug-likeness (QED) is 0.556. The number of aromatic nitrogens is 5. The number of nitrogens with zero attached hydrogens (tertiary/aromatic N) is 7. The van der Waals surface area contributed by atoms with Crippen molar-refractivity contribution in [1.29, 1.82) is 0 Å². The fourth-order valence-corrected chi connectivity index (χ4v) is 2.40. The molecule has 0 aliphatic rings. The van der Waals surface area contributed by atoms with Crippen molar-refractivity contribution in [2.75, 3.05) is 5.73 Å². The molecule has 0 aliphatic carbocycles. The highest BCUT2D eigenvalue weighted by atomic mass is 16.6. The Morgan fingerprint density at radius 3 is 2.58 bits per heavy atom. The molecule has 0 aliphatic heterocycles. The highest BCUT2D eigenvalue weighted by Crippen LogP contribution is 2.16. The Morgan fingerprint density at radius 2 is 1.96 bits per heavy atom. The predicted molar refractivity (Wildman–Crippen MR) is 98.7 cm³/mol. The monoisotopic (exact) mass is 352 g/mol. The van der Waals surface area contributed by atoms with Crippen LogP contribution in [-0.2, 0) is 0 Å². The smallest absolute Gasteiger partial charge is 0.243 e. The van der Waals surface area contributed by atoms with Gasteiger partial charge in [0.15, 0.2) is 0 Å². The fourth-order valence-electron chi connectivity index (χ4n) is 2.40. The van der Waals surface area contributed by atoms with Crippen LogP contribution >= 0.6 is 0 Å². The molecule has 0 atom stereocenters. The molecule has 26 heavy (non-hydrogen) atoms. The third-order valence-corrected chi connectivity index (χ3v) is 3.95. The third kappa shape index (κ3) is 3.51. The molecule has 0 fully saturated rings. The summed E-state index contributed by atoms with van der Waals surface area (Å²) in [6, 6.07) is 8.22. The molecular weight excluding hydrogens is 332 g/mol. The van der Waals surface area contributed by atoms with Crippen molar-refractivity contribution in [3.05, 3.63) is 46.8 Å². The molecule has 0 bridgehead atoms. The lowest BCUT2D eigenvalue weighted by Gasteiger charge is -2.04. The van der Waals surface area contributed by atoms with Crippen molar-refractivity contribution in [1.82, 2.24) is 25.3 Å². The van der Waals surface area contributed by atoms with E-state index in [2.05, 4.69) is 61.4 Å². The normalized spacial score (nSPS) is 12.4. The van der Waals surface area contributed by atoms with E-state index in [0.29, 0.717) is 28.8 Å². The Labute approximate surface area is 150 Å². The lowest BCUT2D eigenvalue weighted by molar-refractivity contribution is 0.306. The van der Waals surface area contributed by atoms with Crippen LogP contribution in [0.5, 0.6) is 0 Å². The summed E-state index contributed by atoms with van der Waals surface area (Å²) >= 11 is 0. The summed E-state index contributed by atoms with van der Waals surface area (Å²) in [6.45, 7) is 7.96. The highest BCUT2D eigenvalue weighted by molar-refractivity contribution is 5.98. The third-order valence-electron chi connectivity index (χ3n) is 3.95. The number of hydrogen-bond donors (Lipinski definition) is 1. The Hall–Kier alpha value is -3.36. The fraction of sp³-hybridized carbons (Fsp3) is 0.294. The van der Waals surface area contributed by atoms with Gasteiger partial charge in [-0.1, -0.05) is 43.3 Å². The summed E-state index contributed by atoms with van der Waals surface area (Å²) in [5, 5.41) is 23.7. The minimum Gasteiger partial charge on any atom is -0.378 e. The summed E-state index contributed by atoms with van der Waals surface area (Å²) in [4.78, 5) is 0. The zero-order chi connectivity index (χ0) is 18.7. The van der Waals surface area contributed by atoms with Crippen LogP contribution in [0.15, 0.2) is 39.1 Å². The first kappa shape index (κ1) is 17.5. The van der Waals surface area contributed by atoms with Crippen molar-refractivity contribution < 1.29 is 4.63 Å². The van der Waals surface area contributed by atoms with Gasteiger partial charge in [-0.2, -0.15) is 14.9 Å². The van der Waals surface area contributed by atoms with Gasteiger partial charge in [0, 0.05) is 0 Å². The van der Waals surface area contributed by atoms with Crippen molar-refractivity contribution in [3.63, 3.8) is 0 Å². The zero-order valence-corrected chi connectivity index (χ0v) is 15.1. The number of nitrogen functional groups attached to an aromatic ring is 1. The average molecular weight is 352 g/mol. The maximum Gasteiger partial charge on any atom is 0.243 e. The van der Waals surface area contributed by atoms with Crippen molar-refractivity contribution in [2.45, 2.75) is 33.6 Å². The van der Waals surface area contributed by atoms with E-state index >= 15 is 0 Å². The van der Waals surface area contributed by atoms with E-state index in [4.69, 9.17) is 5.73 Å². The molecule has 0 saturated heterocycles. The van der Waals surface area contributed by atoms with Gasteiger partial charge in [0.25, 0.3) is 0 Å². The number of nitrogens with two attached hydrogens (primary N) is 1. The summed E-state index contributed by atoms with van der Waals surface area (Å²) in [5.74, 6) is 0.936. The maximum atomic E-state index is 5.69. The van der Waals surface area contributed by atoms with Crippen molar-refractivity contribution >= 4 is 17.7 Å². The van der Waals surface area contributed by atoms with E-state index < -0.39 is 0 Å². The lowest BCUT2D eigenvalue weighted by atomic mass is 10.0. The molecule has 134 valence electrons. The number of anilines is 1. The Bertz CT molecular complexity index is 950. The van der Waals surface area contributed by atoms with Crippen LogP contribution in [0.1, 0.15) is 49.2 Å². The SMILES string of the molecule is CC(=NN=Cc1ccc(C(C)C)cc1)c1nnn(-c2nonc2N)c1C. The van der Waals surface area contributed by atoms with E-state index in [1.165, 1.54) is 10.2 Å². The Kier molecular flexibility index (Phi) is 4.87. The molecule has 9 heteroatoms. The Morgan fingerprint density at radius 1 is 1.23 bits per heavy atom. The number of benzene rings is 1. The summed E-state index contributed by atoms with van der Waals surface area (Å²) in [6.07, 6.45) is 1.70. The summed E-state index contributed by atoms with van der Waals surface area (Å²) in [7, 11) is 0. The van der Waals surface area contributed by atoms with E-state index in [-0.39, 0.29) is 5.82 Å². The van der Waals surface area contributed by atoms with Gasteiger partial charge in [-0.25, -0.2) is 4.63 Å². The van der Waals surface area contributed by atoms with Gasteiger partial charge in [0.05, 0.1) is 17.6 Å². The molecule has 2 aromatic heterocycles. The molecule has 0 saturated carbocycles. The van der Waals surface area contributed by atoms with Gasteiger partial charge >= 0.3 is 0 Å². The Balaban J connectivity index is 1.78. The molecule has 2 N–H and O–H groups in total. The molecule has 3 aromatic rings. The van der Waals surface area contributed by atoms with Crippen LogP contribution in [0.25, 0.3) is 5.82 Å². The molecule has 9 nitrogen and oxygen atoms in total. The van der Waals surface area contributed by atoms with E-state index in [1.807, 2.05) is 26.0 Å². The molecular formula is C17H20N8O. The average Bonchev–Trinajstić information content (AvgIpc) is 3.20. The molecule has 0 spiro atoms. The van der Waals surface area contributed by atoms with E-state index in [0.717, 1.165) is 5.56 Å². The molecule has 0 amide bonds. The van der Waals surface area contributed by atoms with Gasteiger partial charge in [0.1, 0.15) is 5.69 Å². The summed E-state index contributed by atoms with van der Waals surface area (Å²) in [5.41, 5.74) is 9.89. The van der Waals surface area contributed by atoms with Gasteiger partial charge in [-0.3, -0.25) is 0 Å². The molecule has 2 heterocycles. The second kappa shape index (κ2) is 7.26. The topological polar surface area (TPSA) is 120 Å². The standard InChI is InChI=1S/C17H20N8O/c1-10(2)14-7-5-13(6-8-14)9-19-20-11(3)15-12(4)25(24-21-15)17-16(18)22-26-23-17/h5-10H,1-4H3,(H2,18,22). The van der Waals surface area contributed by atoms with Gasteiger partial charge < -0.3 is 5.73 Å². The first-order valence-electron chi connectivity index (χ1n) is 8.16. The lowest BCUT2D eigenvalue weighted by Crippen LogP contribution is -2.04. The first-order valence-corrected chi connectivity index (χ1v) is 8.16. The maximum absolute atomic E-state index is 5.69. The molecule has 0 unspecified atom stereocenters. The van der Waals surface area contributed by atoms with E-state index in [9.17, 15) is 0 Å².